The topological polar surface area (TPSA) is 58.5 Å². The number of hydrogen-bond acceptors (Lipinski definition) is 3. The van der Waals surface area contributed by atoms with Crippen molar-refractivity contribution in [3.05, 3.63) is 58.9 Å². The summed E-state index contributed by atoms with van der Waals surface area (Å²) in [6.07, 6.45) is 2.47. The molecule has 1 heterocycles. The molecule has 0 atom stereocenters. The molecule has 8 heteroatoms. The van der Waals surface area contributed by atoms with Crippen LogP contribution in [0.25, 0.3) is 0 Å². The summed E-state index contributed by atoms with van der Waals surface area (Å²) in [6, 6.07) is 10.3. The maximum atomic E-state index is 12.4. The van der Waals surface area contributed by atoms with E-state index in [1.807, 2.05) is 6.07 Å². The predicted octanol–water partition coefficient (Wildman–Crippen LogP) is 3.24. The van der Waals surface area contributed by atoms with E-state index in [2.05, 4.69) is 25.3 Å². The number of nitrogens with one attached hydrogen (secondary N) is 2. The van der Waals surface area contributed by atoms with Gasteiger partial charge in [0.05, 0.1) is 0 Å². The highest BCUT2D eigenvalue weighted by atomic mass is 35.5. The van der Waals surface area contributed by atoms with Crippen molar-refractivity contribution < 1.29 is 13.5 Å². The van der Waals surface area contributed by atoms with Crippen LogP contribution in [-0.2, 0) is 13.0 Å². The van der Waals surface area contributed by atoms with Gasteiger partial charge in [-0.15, -0.1) is 0 Å². The molecule has 25 heavy (non-hydrogen) atoms. The predicted molar refractivity (Wildman–Crippen MR) is 94.2 cm³/mol. The Kier molecular flexibility index (Phi) is 7.40. The second-order valence-electron chi connectivity index (χ2n) is 5.08. The molecular weight excluding hydrogens is 350 g/mol. The van der Waals surface area contributed by atoms with Gasteiger partial charge in [-0.1, -0.05) is 35.9 Å². The van der Waals surface area contributed by atoms with E-state index in [0.717, 1.165) is 12.0 Å². The minimum atomic E-state index is -2.86. The molecule has 2 N–H and O–H groups in total. The summed E-state index contributed by atoms with van der Waals surface area (Å²) < 4.78 is 29.4. The monoisotopic (exact) mass is 368 g/mol. The lowest BCUT2D eigenvalue weighted by atomic mass is 10.2. The van der Waals surface area contributed by atoms with E-state index < -0.39 is 6.61 Å². The lowest BCUT2D eigenvalue weighted by molar-refractivity contribution is -0.0504. The van der Waals surface area contributed by atoms with Crippen LogP contribution < -0.4 is 15.4 Å². The molecular formula is C17H19ClF2N4O. The Labute approximate surface area is 150 Å². The zero-order valence-electron chi connectivity index (χ0n) is 13.7. The quantitative estimate of drug-likeness (QED) is 0.447. The van der Waals surface area contributed by atoms with E-state index in [1.165, 1.54) is 6.07 Å². The third-order valence-corrected chi connectivity index (χ3v) is 3.58. The van der Waals surface area contributed by atoms with Gasteiger partial charge >= 0.3 is 6.61 Å². The number of benzene rings is 1. The van der Waals surface area contributed by atoms with Crippen LogP contribution in [0.2, 0.25) is 5.15 Å². The first-order valence-electron chi connectivity index (χ1n) is 7.66. The van der Waals surface area contributed by atoms with E-state index in [4.69, 9.17) is 11.6 Å². The molecule has 0 bridgehead atoms. The Balaban J connectivity index is 1.83. The van der Waals surface area contributed by atoms with Crippen molar-refractivity contribution in [1.29, 1.82) is 0 Å². The summed E-state index contributed by atoms with van der Waals surface area (Å²) in [7, 11) is 1.64. The highest BCUT2D eigenvalue weighted by molar-refractivity contribution is 6.29. The number of alkyl halides is 2. The van der Waals surface area contributed by atoms with Gasteiger partial charge in [0.25, 0.3) is 0 Å². The molecule has 0 unspecified atom stereocenters. The molecule has 0 saturated heterocycles. The van der Waals surface area contributed by atoms with Crippen molar-refractivity contribution in [3.8, 4) is 5.75 Å². The summed E-state index contributed by atoms with van der Waals surface area (Å²) in [4.78, 5) is 8.13. The van der Waals surface area contributed by atoms with Crippen LogP contribution in [0.4, 0.5) is 8.78 Å². The van der Waals surface area contributed by atoms with Crippen molar-refractivity contribution in [2.75, 3.05) is 13.6 Å². The van der Waals surface area contributed by atoms with Crippen LogP contribution in [0, 0.1) is 0 Å². The molecule has 2 aromatic rings. The first-order chi connectivity index (χ1) is 12.1. The fourth-order valence-corrected chi connectivity index (χ4v) is 2.25. The standard InChI is InChI=1S/C17H19ClF2N4O/c1-21-17(22-9-8-12-6-7-15(18)23-10-12)24-11-13-4-2-3-5-14(13)25-16(19)20/h2-7,10,16H,8-9,11H2,1H3,(H2,21,22,24). The van der Waals surface area contributed by atoms with Crippen LogP contribution in [0.15, 0.2) is 47.6 Å². The van der Waals surface area contributed by atoms with Crippen molar-refractivity contribution >= 4 is 17.6 Å². The molecule has 134 valence electrons. The Hall–Kier alpha value is -2.41. The molecule has 5 nitrogen and oxygen atoms in total. The lowest BCUT2D eigenvalue weighted by Gasteiger charge is -2.14. The summed E-state index contributed by atoms with van der Waals surface area (Å²) in [6.45, 7) is -1.91. The van der Waals surface area contributed by atoms with E-state index in [9.17, 15) is 8.78 Å². The fraction of sp³-hybridized carbons (Fsp3) is 0.294. The first kappa shape index (κ1) is 18.9. The Morgan fingerprint density at radius 2 is 2.04 bits per heavy atom. The zero-order chi connectivity index (χ0) is 18.1. The Morgan fingerprint density at radius 1 is 1.24 bits per heavy atom. The smallest absolute Gasteiger partial charge is 0.387 e. The zero-order valence-corrected chi connectivity index (χ0v) is 14.4. The fourth-order valence-electron chi connectivity index (χ4n) is 2.14. The number of aliphatic imine (C=N–C) groups is 1. The molecule has 0 aliphatic carbocycles. The summed E-state index contributed by atoms with van der Waals surface area (Å²) >= 11 is 5.75. The number of hydrogen-bond donors (Lipinski definition) is 2. The minimum absolute atomic E-state index is 0.146. The molecule has 0 aliphatic rings. The normalized spacial score (nSPS) is 11.5. The van der Waals surface area contributed by atoms with Crippen molar-refractivity contribution in [2.24, 2.45) is 4.99 Å². The maximum absolute atomic E-state index is 12.4. The number of rotatable bonds is 7. The van der Waals surface area contributed by atoms with Crippen molar-refractivity contribution in [1.82, 2.24) is 15.6 Å². The molecule has 0 amide bonds. The number of guanidine groups is 1. The first-order valence-corrected chi connectivity index (χ1v) is 8.04. The molecule has 1 aromatic carbocycles. The van der Waals surface area contributed by atoms with E-state index in [1.54, 1.807) is 37.5 Å². The highest BCUT2D eigenvalue weighted by Gasteiger charge is 2.09. The number of para-hydroxylation sites is 1. The highest BCUT2D eigenvalue weighted by Crippen LogP contribution is 2.19. The maximum Gasteiger partial charge on any atom is 0.387 e. The minimum Gasteiger partial charge on any atom is -0.434 e. The molecule has 0 aliphatic heterocycles. The van der Waals surface area contributed by atoms with Gasteiger partial charge in [-0.25, -0.2) is 4.98 Å². The molecule has 1 aromatic heterocycles. The Morgan fingerprint density at radius 3 is 2.72 bits per heavy atom. The Bertz CT molecular complexity index is 695. The van der Waals surface area contributed by atoms with Gasteiger partial charge in [0, 0.05) is 31.9 Å². The third kappa shape index (κ3) is 6.54. The number of ether oxygens (including phenoxy) is 1. The lowest BCUT2D eigenvalue weighted by Crippen LogP contribution is -2.38. The van der Waals surface area contributed by atoms with Crippen LogP contribution in [0.3, 0.4) is 0 Å². The second-order valence-corrected chi connectivity index (χ2v) is 5.47. The van der Waals surface area contributed by atoms with Crippen LogP contribution in [0.1, 0.15) is 11.1 Å². The van der Waals surface area contributed by atoms with E-state index in [-0.39, 0.29) is 5.75 Å². The van der Waals surface area contributed by atoms with Gasteiger partial charge < -0.3 is 15.4 Å². The van der Waals surface area contributed by atoms with Crippen molar-refractivity contribution in [3.63, 3.8) is 0 Å². The van der Waals surface area contributed by atoms with Crippen LogP contribution in [0.5, 0.6) is 5.75 Å². The van der Waals surface area contributed by atoms with E-state index >= 15 is 0 Å². The number of halogens is 3. The average molecular weight is 369 g/mol. The molecule has 0 fully saturated rings. The molecule has 2 rings (SSSR count). The van der Waals surface area contributed by atoms with Gasteiger partial charge in [0.1, 0.15) is 10.9 Å². The number of pyridine rings is 1. The van der Waals surface area contributed by atoms with Gasteiger partial charge in [-0.3, -0.25) is 4.99 Å². The van der Waals surface area contributed by atoms with E-state index in [0.29, 0.717) is 29.8 Å². The van der Waals surface area contributed by atoms with Gasteiger partial charge in [-0.2, -0.15) is 8.78 Å². The van der Waals surface area contributed by atoms with Crippen LogP contribution >= 0.6 is 11.6 Å². The van der Waals surface area contributed by atoms with Gasteiger partial charge in [-0.05, 0) is 24.1 Å². The molecule has 0 radical (unpaired) electrons. The van der Waals surface area contributed by atoms with Gasteiger partial charge in [0.2, 0.25) is 0 Å². The van der Waals surface area contributed by atoms with Crippen LogP contribution in [-0.4, -0.2) is 31.1 Å². The largest absolute Gasteiger partial charge is 0.434 e. The number of aromatic nitrogens is 1. The second kappa shape index (κ2) is 9.78. The van der Waals surface area contributed by atoms with Crippen molar-refractivity contribution in [2.45, 2.75) is 19.6 Å². The summed E-state index contributed by atoms with van der Waals surface area (Å²) in [5, 5.41) is 6.68. The average Bonchev–Trinajstić information content (AvgIpc) is 2.60. The third-order valence-electron chi connectivity index (χ3n) is 3.35. The van der Waals surface area contributed by atoms with Gasteiger partial charge in [0.15, 0.2) is 5.96 Å². The summed E-state index contributed by atoms with van der Waals surface area (Å²) in [5.74, 6) is 0.710. The molecule has 0 saturated carbocycles. The number of nitrogens with zero attached hydrogens (tertiary/aromatic N) is 2. The summed E-state index contributed by atoms with van der Waals surface area (Å²) in [5.41, 5.74) is 1.66. The SMILES string of the molecule is CN=C(NCCc1ccc(Cl)nc1)NCc1ccccc1OC(F)F. The molecule has 0 spiro atoms.